The van der Waals surface area contributed by atoms with E-state index >= 15 is 0 Å². The molecule has 0 aromatic heterocycles. The van der Waals surface area contributed by atoms with Gasteiger partial charge in [-0.2, -0.15) is 0 Å². The van der Waals surface area contributed by atoms with Gasteiger partial charge in [-0.3, -0.25) is 4.79 Å². The van der Waals surface area contributed by atoms with Gasteiger partial charge in [-0.1, -0.05) is 44.2 Å². The number of benzene rings is 2. The van der Waals surface area contributed by atoms with E-state index in [0.29, 0.717) is 24.7 Å². The molecule has 0 atom stereocenters. The smallest absolute Gasteiger partial charge is 0.254 e. The topological polar surface area (TPSA) is 46.3 Å². The predicted octanol–water partition coefficient (Wildman–Crippen LogP) is 3.55. The van der Waals surface area contributed by atoms with Crippen molar-refractivity contribution in [1.82, 2.24) is 4.90 Å². The molecule has 1 aliphatic rings. The predicted molar refractivity (Wildman–Crippen MR) is 85.0 cm³/mol. The summed E-state index contributed by atoms with van der Waals surface area (Å²) in [5.74, 6) is 0.602. The maximum Gasteiger partial charge on any atom is 0.254 e. The summed E-state index contributed by atoms with van der Waals surface area (Å²) in [5, 5.41) is 0. The van der Waals surface area contributed by atoms with Gasteiger partial charge in [0.1, 0.15) is 0 Å². The lowest BCUT2D eigenvalue weighted by Crippen LogP contribution is -2.23. The molecule has 1 amide bonds. The van der Waals surface area contributed by atoms with Gasteiger partial charge in [0.25, 0.3) is 5.91 Å². The quantitative estimate of drug-likeness (QED) is 0.874. The first kappa shape index (κ1) is 13.7. The van der Waals surface area contributed by atoms with Gasteiger partial charge >= 0.3 is 0 Å². The molecule has 0 spiro atoms. The van der Waals surface area contributed by atoms with Crippen LogP contribution in [0, 0.1) is 0 Å². The number of nitrogens with two attached hydrogens (primary N) is 1. The third-order valence-electron chi connectivity index (χ3n) is 4.03. The summed E-state index contributed by atoms with van der Waals surface area (Å²) in [7, 11) is 0. The summed E-state index contributed by atoms with van der Waals surface area (Å²) in [5.41, 5.74) is 10.7. The number of nitrogen functional groups attached to an aromatic ring is 1. The van der Waals surface area contributed by atoms with E-state index in [4.69, 9.17) is 5.73 Å². The highest BCUT2D eigenvalue weighted by Crippen LogP contribution is 2.26. The number of rotatable bonds is 3. The molecule has 3 nitrogen and oxygen atoms in total. The molecule has 3 heteroatoms. The zero-order valence-electron chi connectivity index (χ0n) is 12.5. The Morgan fingerprint density at radius 1 is 1.14 bits per heavy atom. The molecule has 21 heavy (non-hydrogen) atoms. The summed E-state index contributed by atoms with van der Waals surface area (Å²) < 4.78 is 0. The number of anilines is 1. The number of hydrogen-bond acceptors (Lipinski definition) is 2. The fourth-order valence-corrected chi connectivity index (χ4v) is 2.73. The SMILES string of the molecule is CC(C)c1ccc(CN2Cc3ccc(N)cc3C2=O)cc1. The van der Waals surface area contributed by atoms with Crippen LogP contribution in [0.1, 0.15) is 46.8 Å². The lowest BCUT2D eigenvalue weighted by atomic mass is 10.0. The molecule has 0 fully saturated rings. The molecule has 2 aromatic rings. The molecule has 2 aromatic carbocycles. The zero-order chi connectivity index (χ0) is 15.0. The first-order valence-corrected chi connectivity index (χ1v) is 7.31. The number of fused-ring (bicyclic) bond motifs is 1. The third-order valence-corrected chi connectivity index (χ3v) is 4.03. The molecule has 0 saturated heterocycles. The fraction of sp³-hybridized carbons (Fsp3) is 0.278. The Hall–Kier alpha value is -2.29. The standard InChI is InChI=1S/C18H20N2O/c1-12(2)14-5-3-13(4-6-14)10-20-11-15-7-8-16(19)9-17(15)18(20)21/h3-9,12H,10-11,19H2,1-2H3. The molecule has 0 radical (unpaired) electrons. The van der Waals surface area contributed by atoms with Crippen molar-refractivity contribution in [2.24, 2.45) is 0 Å². The summed E-state index contributed by atoms with van der Waals surface area (Å²) in [6.45, 7) is 5.67. The van der Waals surface area contributed by atoms with E-state index in [9.17, 15) is 4.79 Å². The molecule has 0 saturated carbocycles. The lowest BCUT2D eigenvalue weighted by Gasteiger charge is -2.16. The molecule has 0 bridgehead atoms. The highest BCUT2D eigenvalue weighted by molar-refractivity contribution is 5.99. The maximum absolute atomic E-state index is 12.4. The fourth-order valence-electron chi connectivity index (χ4n) is 2.73. The van der Waals surface area contributed by atoms with Crippen molar-refractivity contribution in [3.63, 3.8) is 0 Å². The lowest BCUT2D eigenvalue weighted by molar-refractivity contribution is 0.0766. The van der Waals surface area contributed by atoms with Gasteiger partial charge < -0.3 is 10.6 Å². The summed E-state index contributed by atoms with van der Waals surface area (Å²) in [6.07, 6.45) is 0. The van der Waals surface area contributed by atoms with Crippen molar-refractivity contribution >= 4 is 11.6 Å². The van der Waals surface area contributed by atoms with E-state index < -0.39 is 0 Å². The Labute approximate surface area is 125 Å². The first-order valence-electron chi connectivity index (χ1n) is 7.31. The minimum atomic E-state index is 0.0743. The molecule has 2 N–H and O–H groups in total. The second-order valence-electron chi connectivity index (χ2n) is 5.97. The molecule has 0 unspecified atom stereocenters. The van der Waals surface area contributed by atoms with Crippen LogP contribution in [0.2, 0.25) is 0 Å². The minimum Gasteiger partial charge on any atom is -0.399 e. The van der Waals surface area contributed by atoms with Crippen LogP contribution >= 0.6 is 0 Å². The average Bonchev–Trinajstić information content (AvgIpc) is 2.76. The number of carbonyl (C=O) groups excluding carboxylic acids is 1. The van der Waals surface area contributed by atoms with Crippen LogP contribution in [0.5, 0.6) is 0 Å². The second kappa shape index (κ2) is 5.24. The highest BCUT2D eigenvalue weighted by Gasteiger charge is 2.27. The Balaban J connectivity index is 1.76. The largest absolute Gasteiger partial charge is 0.399 e. The van der Waals surface area contributed by atoms with Crippen LogP contribution in [-0.4, -0.2) is 10.8 Å². The molecular formula is C18H20N2O. The van der Waals surface area contributed by atoms with E-state index in [1.165, 1.54) is 5.56 Å². The van der Waals surface area contributed by atoms with Gasteiger partial charge in [-0.05, 0) is 34.7 Å². The second-order valence-corrected chi connectivity index (χ2v) is 5.97. The maximum atomic E-state index is 12.4. The third kappa shape index (κ3) is 2.64. The molecule has 108 valence electrons. The van der Waals surface area contributed by atoms with Crippen molar-refractivity contribution in [1.29, 1.82) is 0 Å². The van der Waals surface area contributed by atoms with Crippen LogP contribution in [0.4, 0.5) is 5.69 Å². The Morgan fingerprint density at radius 2 is 1.86 bits per heavy atom. The Bertz CT molecular complexity index is 674. The number of amides is 1. The van der Waals surface area contributed by atoms with Crippen molar-refractivity contribution in [2.45, 2.75) is 32.9 Å². The van der Waals surface area contributed by atoms with E-state index in [-0.39, 0.29) is 5.91 Å². The van der Waals surface area contributed by atoms with Gasteiger partial charge in [-0.15, -0.1) is 0 Å². The number of hydrogen-bond donors (Lipinski definition) is 1. The van der Waals surface area contributed by atoms with Gasteiger partial charge in [0, 0.05) is 24.3 Å². The zero-order valence-corrected chi connectivity index (χ0v) is 12.5. The van der Waals surface area contributed by atoms with E-state index in [1.807, 2.05) is 17.0 Å². The summed E-state index contributed by atoms with van der Waals surface area (Å²) in [4.78, 5) is 14.3. The van der Waals surface area contributed by atoms with Crippen molar-refractivity contribution in [3.05, 3.63) is 64.7 Å². The summed E-state index contributed by atoms with van der Waals surface area (Å²) in [6, 6.07) is 14.1. The van der Waals surface area contributed by atoms with Gasteiger partial charge in [0.05, 0.1) is 0 Å². The normalized spacial score (nSPS) is 13.9. The Kier molecular flexibility index (Phi) is 3.42. The summed E-state index contributed by atoms with van der Waals surface area (Å²) >= 11 is 0. The molecular weight excluding hydrogens is 260 g/mol. The van der Waals surface area contributed by atoms with Gasteiger partial charge in [-0.25, -0.2) is 0 Å². The average molecular weight is 280 g/mol. The van der Waals surface area contributed by atoms with Crippen molar-refractivity contribution in [2.75, 3.05) is 5.73 Å². The van der Waals surface area contributed by atoms with Crippen molar-refractivity contribution in [3.8, 4) is 0 Å². The number of carbonyl (C=O) groups is 1. The molecule has 3 rings (SSSR count). The van der Waals surface area contributed by atoms with Crippen molar-refractivity contribution < 1.29 is 4.79 Å². The van der Waals surface area contributed by atoms with Crippen LogP contribution in [0.15, 0.2) is 42.5 Å². The molecule has 1 aliphatic heterocycles. The van der Waals surface area contributed by atoms with Gasteiger partial charge in [0.15, 0.2) is 0 Å². The van der Waals surface area contributed by atoms with E-state index in [0.717, 1.165) is 16.7 Å². The van der Waals surface area contributed by atoms with Crippen LogP contribution in [0.3, 0.4) is 0 Å². The highest BCUT2D eigenvalue weighted by atomic mass is 16.2. The van der Waals surface area contributed by atoms with Gasteiger partial charge in [0.2, 0.25) is 0 Å². The first-order chi connectivity index (χ1) is 10.0. The monoisotopic (exact) mass is 280 g/mol. The van der Waals surface area contributed by atoms with Crippen LogP contribution < -0.4 is 5.73 Å². The van der Waals surface area contributed by atoms with E-state index in [2.05, 4.69) is 38.1 Å². The van der Waals surface area contributed by atoms with E-state index in [1.54, 1.807) is 6.07 Å². The van der Waals surface area contributed by atoms with Crippen LogP contribution in [-0.2, 0) is 13.1 Å². The number of nitrogens with zero attached hydrogens (tertiary/aromatic N) is 1. The molecule has 1 heterocycles. The van der Waals surface area contributed by atoms with Crippen LogP contribution in [0.25, 0.3) is 0 Å². The molecule has 0 aliphatic carbocycles. The minimum absolute atomic E-state index is 0.0743. The Morgan fingerprint density at radius 3 is 2.52 bits per heavy atom.